The molecule has 1 aromatic heterocycles. The lowest BCUT2D eigenvalue weighted by molar-refractivity contribution is -0.121. The second kappa shape index (κ2) is 12.0. The first-order valence-corrected chi connectivity index (χ1v) is 8.21. The average Bonchev–Trinajstić information content (AvgIpc) is 2.65. The van der Waals surface area contributed by atoms with Gasteiger partial charge in [0.15, 0.2) is 5.78 Å². The maximum Gasteiger partial charge on any atom is 0.408 e. The Labute approximate surface area is 162 Å². The van der Waals surface area contributed by atoms with E-state index in [-0.39, 0.29) is 31.9 Å². The Bertz CT molecular complexity index is 703. The number of Topliss-reactive ketones (excluding diaryl/α,β-unsaturated/α-hetero) is 1. The highest BCUT2D eigenvalue weighted by Gasteiger charge is 2.22. The number of nitrogens with one attached hydrogen (secondary N) is 1. The number of halogens is 3. The third-order valence-corrected chi connectivity index (χ3v) is 3.69. The molecule has 0 fully saturated rings. The number of alkyl carbamates (subject to hydrolysis) is 1. The third kappa shape index (κ3) is 8.59. The molecule has 0 unspecified atom stereocenters. The number of carbonyl (C=O) groups is 2. The maximum atomic E-state index is 12.4. The number of amides is 1. The minimum Gasteiger partial charge on any atom is -0.445 e. The quantitative estimate of drug-likeness (QED) is 0.694. The van der Waals surface area contributed by atoms with Crippen LogP contribution in [0, 0.1) is 0 Å². The second-order valence-electron chi connectivity index (χ2n) is 5.71. The van der Waals surface area contributed by atoms with Crippen LogP contribution in [-0.2, 0) is 22.6 Å². The van der Waals surface area contributed by atoms with E-state index in [1.54, 1.807) is 48.8 Å². The zero-order valence-electron chi connectivity index (χ0n) is 14.5. The van der Waals surface area contributed by atoms with E-state index in [4.69, 9.17) is 4.74 Å². The molecule has 0 saturated carbocycles. The summed E-state index contributed by atoms with van der Waals surface area (Å²) in [5.74, 6) is -0.449. The van der Waals surface area contributed by atoms with E-state index in [9.17, 15) is 18.4 Å². The number of nitrogens with zero attached hydrogens (tertiary/aromatic N) is 1. The highest BCUT2D eigenvalue weighted by Crippen LogP contribution is 2.10. The lowest BCUT2D eigenvalue weighted by Gasteiger charge is -2.18. The van der Waals surface area contributed by atoms with E-state index in [0.717, 1.165) is 11.1 Å². The molecule has 0 aliphatic carbocycles. The van der Waals surface area contributed by atoms with Crippen LogP contribution in [0.3, 0.4) is 0 Å². The molecule has 0 aliphatic heterocycles. The summed E-state index contributed by atoms with van der Waals surface area (Å²) in [7, 11) is 0. The smallest absolute Gasteiger partial charge is 0.408 e. The van der Waals surface area contributed by atoms with Crippen molar-refractivity contribution in [3.63, 3.8) is 0 Å². The highest BCUT2D eigenvalue weighted by atomic mass is 35.5. The number of aromatic nitrogens is 1. The molecule has 8 heteroatoms. The molecule has 27 heavy (non-hydrogen) atoms. The minimum absolute atomic E-state index is 0. The molecule has 146 valence electrons. The molecule has 0 radical (unpaired) electrons. The highest BCUT2D eigenvalue weighted by molar-refractivity contribution is 5.87. The van der Waals surface area contributed by atoms with Crippen LogP contribution in [0.2, 0.25) is 0 Å². The molecule has 0 saturated heterocycles. The van der Waals surface area contributed by atoms with Crippen molar-refractivity contribution < 1.29 is 23.1 Å². The molecular formula is C19H21ClF2N2O3. The number of ether oxygens (including phenoxy) is 1. The van der Waals surface area contributed by atoms with Gasteiger partial charge in [0.1, 0.15) is 6.61 Å². The Morgan fingerprint density at radius 1 is 1.04 bits per heavy atom. The van der Waals surface area contributed by atoms with Gasteiger partial charge in [-0.15, -0.1) is 12.4 Å². The number of hydrogen-bond donors (Lipinski definition) is 1. The molecule has 0 spiro atoms. The average molecular weight is 399 g/mol. The number of ketones is 1. The van der Waals surface area contributed by atoms with Gasteiger partial charge in [-0.1, -0.05) is 30.3 Å². The summed E-state index contributed by atoms with van der Waals surface area (Å²) in [6.45, 7) is 0.0254. The molecule has 1 N–H and O–H groups in total. The van der Waals surface area contributed by atoms with Crippen molar-refractivity contribution in [2.45, 2.75) is 38.3 Å². The zero-order chi connectivity index (χ0) is 18.8. The summed E-state index contributed by atoms with van der Waals surface area (Å²) in [4.78, 5) is 28.1. The van der Waals surface area contributed by atoms with Crippen LogP contribution in [0.4, 0.5) is 13.6 Å². The summed E-state index contributed by atoms with van der Waals surface area (Å²) in [5, 5.41) is 2.49. The predicted octanol–water partition coefficient (Wildman–Crippen LogP) is 3.96. The predicted molar refractivity (Wildman–Crippen MR) is 99.0 cm³/mol. The van der Waals surface area contributed by atoms with E-state index in [2.05, 4.69) is 10.3 Å². The topological polar surface area (TPSA) is 68.3 Å². The molecule has 0 bridgehead atoms. The van der Waals surface area contributed by atoms with Crippen LogP contribution in [0.15, 0.2) is 54.9 Å². The lowest BCUT2D eigenvalue weighted by Crippen LogP contribution is -2.42. The summed E-state index contributed by atoms with van der Waals surface area (Å²) in [5.41, 5.74) is 1.57. The van der Waals surface area contributed by atoms with Crippen molar-refractivity contribution in [1.82, 2.24) is 10.3 Å². The first-order chi connectivity index (χ1) is 12.5. The van der Waals surface area contributed by atoms with E-state index < -0.39 is 30.8 Å². The van der Waals surface area contributed by atoms with Crippen molar-refractivity contribution in [3.8, 4) is 0 Å². The second-order valence-corrected chi connectivity index (χ2v) is 5.71. The van der Waals surface area contributed by atoms with Crippen LogP contribution in [0.25, 0.3) is 0 Å². The Hall–Kier alpha value is -2.54. The molecule has 2 aromatic rings. The Kier molecular flexibility index (Phi) is 9.96. The van der Waals surface area contributed by atoms with Gasteiger partial charge in [-0.05, 0) is 29.7 Å². The Balaban J connectivity index is 0.00000364. The van der Waals surface area contributed by atoms with Crippen molar-refractivity contribution >= 4 is 24.3 Å². The van der Waals surface area contributed by atoms with E-state index in [1.807, 2.05) is 6.07 Å². The molecule has 2 rings (SSSR count). The van der Waals surface area contributed by atoms with Gasteiger partial charge < -0.3 is 10.1 Å². The van der Waals surface area contributed by atoms with Gasteiger partial charge in [0.25, 0.3) is 0 Å². The van der Waals surface area contributed by atoms with Crippen LogP contribution < -0.4 is 5.32 Å². The van der Waals surface area contributed by atoms with Crippen molar-refractivity contribution in [2.75, 3.05) is 0 Å². The Morgan fingerprint density at radius 3 is 2.33 bits per heavy atom. The third-order valence-electron chi connectivity index (χ3n) is 3.69. The van der Waals surface area contributed by atoms with Crippen molar-refractivity contribution in [2.24, 2.45) is 0 Å². The van der Waals surface area contributed by atoms with Crippen LogP contribution in [0.1, 0.15) is 24.0 Å². The normalized spacial score (nSPS) is 11.4. The van der Waals surface area contributed by atoms with Crippen molar-refractivity contribution in [3.05, 3.63) is 66.0 Å². The molecular weight excluding hydrogens is 378 g/mol. The molecule has 1 aromatic carbocycles. The van der Waals surface area contributed by atoms with E-state index in [0.29, 0.717) is 0 Å². The fourth-order valence-electron chi connectivity index (χ4n) is 2.33. The number of rotatable bonds is 9. The SMILES string of the molecule is Cl.O=C(N[C@@H](Cc1ccccc1)C(=O)CCC(F)F)OCc1ccncc1. The summed E-state index contributed by atoms with van der Waals surface area (Å²) >= 11 is 0. The number of pyridine rings is 1. The number of carbonyl (C=O) groups excluding carboxylic acids is 2. The molecule has 1 heterocycles. The molecule has 1 amide bonds. The van der Waals surface area contributed by atoms with Crippen LogP contribution >= 0.6 is 12.4 Å². The van der Waals surface area contributed by atoms with Gasteiger partial charge in [0, 0.05) is 25.2 Å². The van der Waals surface area contributed by atoms with Gasteiger partial charge >= 0.3 is 6.09 Å². The van der Waals surface area contributed by atoms with Gasteiger partial charge in [0.2, 0.25) is 6.43 Å². The fourth-order valence-corrected chi connectivity index (χ4v) is 2.33. The van der Waals surface area contributed by atoms with E-state index >= 15 is 0 Å². The first-order valence-electron chi connectivity index (χ1n) is 8.21. The van der Waals surface area contributed by atoms with E-state index in [1.165, 1.54) is 0 Å². The number of benzene rings is 1. The summed E-state index contributed by atoms with van der Waals surface area (Å²) in [6.07, 6.45) is -0.806. The molecule has 0 aliphatic rings. The standard InChI is InChI=1S/C19H20F2N2O3.ClH/c20-18(21)7-6-17(24)16(12-14-4-2-1-3-5-14)23-19(25)26-13-15-8-10-22-11-9-15;/h1-5,8-11,16,18H,6-7,12-13H2,(H,23,25);1H/t16-;/m0./s1. The zero-order valence-corrected chi connectivity index (χ0v) is 15.3. The first kappa shape index (κ1) is 22.5. The van der Waals surface area contributed by atoms with Crippen LogP contribution in [-0.4, -0.2) is 29.3 Å². The summed E-state index contributed by atoms with van der Waals surface area (Å²) < 4.78 is 29.9. The Morgan fingerprint density at radius 2 is 1.70 bits per heavy atom. The summed E-state index contributed by atoms with van der Waals surface area (Å²) in [6, 6.07) is 11.5. The molecule has 5 nitrogen and oxygen atoms in total. The largest absolute Gasteiger partial charge is 0.445 e. The van der Waals surface area contributed by atoms with Gasteiger partial charge in [0.05, 0.1) is 6.04 Å². The number of alkyl halides is 2. The van der Waals surface area contributed by atoms with Crippen molar-refractivity contribution in [1.29, 1.82) is 0 Å². The fraction of sp³-hybridized carbons (Fsp3) is 0.316. The minimum atomic E-state index is -2.56. The van der Waals surface area contributed by atoms with Gasteiger partial charge in [-0.3, -0.25) is 9.78 Å². The monoisotopic (exact) mass is 398 g/mol. The number of hydrogen-bond acceptors (Lipinski definition) is 4. The molecule has 1 atom stereocenters. The lowest BCUT2D eigenvalue weighted by atomic mass is 10.00. The van der Waals surface area contributed by atoms with Crippen LogP contribution in [0.5, 0.6) is 0 Å². The maximum absolute atomic E-state index is 12.4. The van der Waals surface area contributed by atoms with Gasteiger partial charge in [-0.2, -0.15) is 0 Å². The van der Waals surface area contributed by atoms with Gasteiger partial charge in [-0.25, -0.2) is 13.6 Å².